The molecule has 1 rings (SSSR count). The quantitative estimate of drug-likeness (QED) is 0.557. The standard InChI is InChI=1S/C7H11IO3/c1-7(2)10-4-6(11-7)5(9)3-8/h6H,3-4H2,1-2H3. The molecule has 1 heterocycles. The predicted octanol–water partition coefficient (Wildman–Crippen LogP) is 1.14. The van der Waals surface area contributed by atoms with E-state index < -0.39 is 5.79 Å². The lowest BCUT2D eigenvalue weighted by Gasteiger charge is -2.15. The van der Waals surface area contributed by atoms with Crippen LogP contribution in [0, 0.1) is 0 Å². The highest BCUT2D eigenvalue weighted by atomic mass is 127. The van der Waals surface area contributed by atoms with E-state index in [1.54, 1.807) is 0 Å². The highest BCUT2D eigenvalue weighted by Gasteiger charge is 2.35. The van der Waals surface area contributed by atoms with Crippen LogP contribution in [0.4, 0.5) is 0 Å². The summed E-state index contributed by atoms with van der Waals surface area (Å²) in [6.45, 7) is 4.02. The lowest BCUT2D eigenvalue weighted by molar-refractivity contribution is -0.150. The molecule has 0 saturated carbocycles. The molecule has 0 spiro atoms. The lowest BCUT2D eigenvalue weighted by Crippen LogP contribution is -2.27. The van der Waals surface area contributed by atoms with Crippen LogP contribution in [0.1, 0.15) is 13.8 Å². The fourth-order valence-electron chi connectivity index (χ4n) is 0.932. The summed E-state index contributed by atoms with van der Waals surface area (Å²) in [5, 5.41) is 0. The number of alkyl halides is 1. The molecule has 0 bridgehead atoms. The van der Waals surface area contributed by atoms with Gasteiger partial charge in [-0.2, -0.15) is 0 Å². The van der Waals surface area contributed by atoms with Gasteiger partial charge in [0.2, 0.25) is 0 Å². The maximum absolute atomic E-state index is 11.1. The summed E-state index contributed by atoms with van der Waals surface area (Å²) in [6, 6.07) is 0. The van der Waals surface area contributed by atoms with Gasteiger partial charge in [-0.1, -0.05) is 22.6 Å². The highest BCUT2D eigenvalue weighted by molar-refractivity contribution is 14.1. The largest absolute Gasteiger partial charge is 0.347 e. The molecule has 1 aliphatic rings. The maximum Gasteiger partial charge on any atom is 0.173 e. The van der Waals surface area contributed by atoms with Gasteiger partial charge in [0.05, 0.1) is 11.0 Å². The van der Waals surface area contributed by atoms with Crippen molar-refractivity contribution in [2.45, 2.75) is 25.7 Å². The van der Waals surface area contributed by atoms with Crippen LogP contribution in [-0.2, 0) is 14.3 Å². The van der Waals surface area contributed by atoms with Gasteiger partial charge >= 0.3 is 0 Å². The molecule has 1 atom stereocenters. The number of rotatable bonds is 2. The lowest BCUT2D eigenvalue weighted by atomic mass is 10.3. The molecule has 0 aromatic carbocycles. The van der Waals surface area contributed by atoms with Crippen molar-refractivity contribution in [1.82, 2.24) is 0 Å². The van der Waals surface area contributed by atoms with Gasteiger partial charge in [0.15, 0.2) is 11.6 Å². The fraction of sp³-hybridized carbons (Fsp3) is 0.857. The number of carbonyl (C=O) groups excluding carboxylic acids is 1. The van der Waals surface area contributed by atoms with E-state index in [9.17, 15) is 4.79 Å². The van der Waals surface area contributed by atoms with Crippen molar-refractivity contribution in [2.75, 3.05) is 11.0 Å². The summed E-state index contributed by atoms with van der Waals surface area (Å²) < 4.78 is 11.0. The number of hydrogen-bond acceptors (Lipinski definition) is 3. The van der Waals surface area contributed by atoms with Gasteiger partial charge in [-0.15, -0.1) is 0 Å². The summed E-state index contributed by atoms with van der Waals surface area (Å²) in [6.07, 6.45) is -0.345. The number of ketones is 1. The topological polar surface area (TPSA) is 35.5 Å². The first-order valence-corrected chi connectivity index (χ1v) is 4.98. The molecule has 0 N–H and O–H groups in total. The Morgan fingerprint density at radius 2 is 2.36 bits per heavy atom. The van der Waals surface area contributed by atoms with E-state index in [1.165, 1.54) is 0 Å². The average Bonchev–Trinajstić information content (AvgIpc) is 2.29. The molecule has 0 radical (unpaired) electrons. The second-order valence-corrected chi connectivity index (χ2v) is 3.68. The van der Waals surface area contributed by atoms with Crippen molar-refractivity contribution in [3.05, 3.63) is 0 Å². The molecular weight excluding hydrogens is 259 g/mol. The van der Waals surface area contributed by atoms with E-state index >= 15 is 0 Å². The van der Waals surface area contributed by atoms with Gasteiger partial charge in [0, 0.05) is 0 Å². The molecule has 1 aliphatic heterocycles. The summed E-state index contributed by atoms with van der Waals surface area (Å²) in [5.41, 5.74) is 0. The normalized spacial score (nSPS) is 28.8. The maximum atomic E-state index is 11.1. The Bertz CT molecular complexity index is 167. The number of halogens is 1. The summed E-state index contributed by atoms with van der Waals surface area (Å²) in [4.78, 5) is 11.1. The Kier molecular flexibility index (Phi) is 2.88. The highest BCUT2D eigenvalue weighted by Crippen LogP contribution is 2.22. The number of carbonyl (C=O) groups is 1. The smallest absolute Gasteiger partial charge is 0.173 e. The van der Waals surface area contributed by atoms with Gasteiger partial charge in [0.25, 0.3) is 0 Å². The Labute approximate surface area is 79.6 Å². The number of ether oxygens (including phenoxy) is 2. The zero-order valence-corrected chi connectivity index (χ0v) is 8.75. The first kappa shape index (κ1) is 9.41. The van der Waals surface area contributed by atoms with Crippen molar-refractivity contribution in [3.8, 4) is 0 Å². The summed E-state index contributed by atoms with van der Waals surface area (Å²) in [5.74, 6) is -0.470. The van der Waals surface area contributed by atoms with E-state index in [2.05, 4.69) is 0 Å². The minimum absolute atomic E-state index is 0.108. The van der Waals surface area contributed by atoms with Crippen LogP contribution in [0.3, 0.4) is 0 Å². The van der Waals surface area contributed by atoms with Gasteiger partial charge in [-0.3, -0.25) is 4.79 Å². The van der Waals surface area contributed by atoms with Gasteiger partial charge in [0.1, 0.15) is 6.10 Å². The third kappa shape index (κ3) is 2.38. The second kappa shape index (κ2) is 3.37. The Balaban J connectivity index is 2.48. The molecule has 1 saturated heterocycles. The minimum Gasteiger partial charge on any atom is -0.347 e. The second-order valence-electron chi connectivity index (χ2n) is 2.92. The van der Waals surface area contributed by atoms with Crippen LogP contribution < -0.4 is 0 Å². The van der Waals surface area contributed by atoms with Gasteiger partial charge < -0.3 is 9.47 Å². The predicted molar refractivity (Wildman–Crippen MR) is 48.8 cm³/mol. The summed E-state index contributed by atoms with van der Waals surface area (Å²) >= 11 is 2.03. The molecule has 64 valence electrons. The Morgan fingerprint density at radius 1 is 1.73 bits per heavy atom. The molecule has 4 heteroatoms. The van der Waals surface area contributed by atoms with Crippen molar-refractivity contribution in [2.24, 2.45) is 0 Å². The number of hydrogen-bond donors (Lipinski definition) is 0. The minimum atomic E-state index is -0.577. The molecule has 0 aromatic rings. The van der Waals surface area contributed by atoms with E-state index in [-0.39, 0.29) is 11.9 Å². The van der Waals surface area contributed by atoms with Crippen molar-refractivity contribution in [3.63, 3.8) is 0 Å². The Morgan fingerprint density at radius 3 is 2.73 bits per heavy atom. The van der Waals surface area contributed by atoms with Crippen LogP contribution >= 0.6 is 22.6 Å². The third-order valence-corrected chi connectivity index (χ3v) is 2.25. The molecule has 3 nitrogen and oxygen atoms in total. The van der Waals surface area contributed by atoms with Crippen molar-refractivity contribution >= 4 is 28.4 Å². The monoisotopic (exact) mass is 270 g/mol. The Hall–Kier alpha value is 0.320. The summed E-state index contributed by atoms with van der Waals surface area (Å²) in [7, 11) is 0. The fourth-order valence-corrected chi connectivity index (χ4v) is 1.42. The molecular formula is C7H11IO3. The first-order chi connectivity index (χ1) is 5.05. The molecule has 0 aromatic heterocycles. The molecule has 1 unspecified atom stereocenters. The van der Waals surface area contributed by atoms with Crippen LogP contribution in [0.15, 0.2) is 0 Å². The van der Waals surface area contributed by atoms with E-state index in [4.69, 9.17) is 9.47 Å². The molecule has 0 amide bonds. The van der Waals surface area contributed by atoms with Crippen LogP contribution in [-0.4, -0.2) is 28.7 Å². The van der Waals surface area contributed by atoms with Gasteiger partial charge in [-0.05, 0) is 13.8 Å². The van der Waals surface area contributed by atoms with Gasteiger partial charge in [-0.25, -0.2) is 0 Å². The number of Topliss-reactive ketones (excluding diaryl/α,β-unsaturated/α-hetero) is 1. The van der Waals surface area contributed by atoms with E-state index in [1.807, 2.05) is 36.4 Å². The average molecular weight is 270 g/mol. The van der Waals surface area contributed by atoms with Crippen molar-refractivity contribution < 1.29 is 14.3 Å². The van der Waals surface area contributed by atoms with E-state index in [0.717, 1.165) is 0 Å². The van der Waals surface area contributed by atoms with E-state index in [0.29, 0.717) is 11.0 Å². The molecule has 0 aliphatic carbocycles. The van der Waals surface area contributed by atoms with Crippen LogP contribution in [0.2, 0.25) is 0 Å². The van der Waals surface area contributed by atoms with Crippen LogP contribution in [0.5, 0.6) is 0 Å². The zero-order valence-electron chi connectivity index (χ0n) is 6.59. The third-order valence-electron chi connectivity index (χ3n) is 1.50. The zero-order chi connectivity index (χ0) is 8.48. The first-order valence-electron chi connectivity index (χ1n) is 3.45. The molecule has 11 heavy (non-hydrogen) atoms. The SMILES string of the molecule is CC1(C)OCC(C(=O)CI)O1. The van der Waals surface area contributed by atoms with Crippen molar-refractivity contribution in [1.29, 1.82) is 0 Å². The molecule has 1 fully saturated rings. The van der Waals surface area contributed by atoms with Crippen LogP contribution in [0.25, 0.3) is 0 Å².